The molecule has 2 aromatic carbocycles. The highest BCUT2D eigenvalue weighted by molar-refractivity contribution is 5.46. The van der Waals surface area contributed by atoms with Crippen molar-refractivity contribution in [2.75, 3.05) is 5.32 Å². The van der Waals surface area contributed by atoms with Crippen LogP contribution >= 0.6 is 0 Å². The zero-order chi connectivity index (χ0) is 14.5. The standard InChI is InChI=1S/C19H25N/c1-5-15(3)17-8-10-19(11-9-17)20-13-18-7-6-14(2)12-16(18)4/h6-12,15,20H,5,13H2,1-4H3. The van der Waals surface area contributed by atoms with Crippen molar-refractivity contribution in [1.29, 1.82) is 0 Å². The Morgan fingerprint density at radius 3 is 2.30 bits per heavy atom. The average Bonchev–Trinajstić information content (AvgIpc) is 2.46. The molecule has 2 rings (SSSR count). The van der Waals surface area contributed by atoms with Gasteiger partial charge in [0, 0.05) is 12.2 Å². The molecule has 1 N–H and O–H groups in total. The molecule has 0 aliphatic carbocycles. The van der Waals surface area contributed by atoms with Gasteiger partial charge in [-0.15, -0.1) is 0 Å². The van der Waals surface area contributed by atoms with Gasteiger partial charge < -0.3 is 5.32 Å². The Bertz CT molecular complexity index is 554. The maximum absolute atomic E-state index is 3.51. The maximum atomic E-state index is 3.51. The van der Waals surface area contributed by atoms with Crippen LogP contribution in [0.3, 0.4) is 0 Å². The summed E-state index contributed by atoms with van der Waals surface area (Å²) in [5.74, 6) is 0.642. The SMILES string of the molecule is CCC(C)c1ccc(NCc2ccc(C)cc2C)cc1. The van der Waals surface area contributed by atoms with Gasteiger partial charge in [0.2, 0.25) is 0 Å². The zero-order valence-electron chi connectivity index (χ0n) is 13.0. The maximum Gasteiger partial charge on any atom is 0.0403 e. The topological polar surface area (TPSA) is 12.0 Å². The largest absolute Gasteiger partial charge is 0.381 e. The van der Waals surface area contributed by atoms with Crippen LogP contribution in [-0.2, 0) is 6.54 Å². The summed E-state index contributed by atoms with van der Waals surface area (Å²) in [6.07, 6.45) is 1.19. The highest BCUT2D eigenvalue weighted by Crippen LogP contribution is 2.21. The van der Waals surface area contributed by atoms with Gasteiger partial charge in [-0.2, -0.15) is 0 Å². The molecular weight excluding hydrogens is 242 g/mol. The molecule has 20 heavy (non-hydrogen) atoms. The molecule has 106 valence electrons. The first-order valence-electron chi connectivity index (χ1n) is 7.50. The van der Waals surface area contributed by atoms with Crippen LogP contribution in [0.4, 0.5) is 5.69 Å². The first kappa shape index (κ1) is 14.6. The highest BCUT2D eigenvalue weighted by Gasteiger charge is 2.03. The van der Waals surface area contributed by atoms with Crippen molar-refractivity contribution in [1.82, 2.24) is 0 Å². The monoisotopic (exact) mass is 267 g/mol. The number of hydrogen-bond donors (Lipinski definition) is 1. The lowest BCUT2D eigenvalue weighted by Gasteiger charge is -2.12. The molecule has 0 saturated heterocycles. The summed E-state index contributed by atoms with van der Waals surface area (Å²) >= 11 is 0. The Kier molecular flexibility index (Phi) is 4.84. The van der Waals surface area contributed by atoms with Gasteiger partial charge in [-0.1, -0.05) is 49.7 Å². The number of aryl methyl sites for hydroxylation is 2. The fourth-order valence-electron chi connectivity index (χ4n) is 2.41. The summed E-state index contributed by atoms with van der Waals surface area (Å²) in [6.45, 7) is 9.71. The van der Waals surface area contributed by atoms with Crippen molar-refractivity contribution in [3.63, 3.8) is 0 Å². The second kappa shape index (κ2) is 6.60. The van der Waals surface area contributed by atoms with Crippen LogP contribution in [0.2, 0.25) is 0 Å². The van der Waals surface area contributed by atoms with Gasteiger partial charge in [0.25, 0.3) is 0 Å². The van der Waals surface area contributed by atoms with E-state index in [0.717, 1.165) is 6.54 Å². The van der Waals surface area contributed by atoms with E-state index in [1.807, 2.05) is 0 Å². The molecule has 1 unspecified atom stereocenters. The average molecular weight is 267 g/mol. The zero-order valence-corrected chi connectivity index (χ0v) is 13.0. The van der Waals surface area contributed by atoms with E-state index in [0.29, 0.717) is 5.92 Å². The van der Waals surface area contributed by atoms with Gasteiger partial charge in [-0.3, -0.25) is 0 Å². The number of nitrogens with one attached hydrogen (secondary N) is 1. The summed E-state index contributed by atoms with van der Waals surface area (Å²) in [5, 5.41) is 3.51. The van der Waals surface area contributed by atoms with Gasteiger partial charge in [-0.05, 0) is 55.0 Å². The van der Waals surface area contributed by atoms with E-state index < -0.39 is 0 Å². The Hall–Kier alpha value is -1.76. The molecule has 0 spiro atoms. The first-order chi connectivity index (χ1) is 9.60. The molecule has 0 aromatic heterocycles. The number of hydrogen-bond acceptors (Lipinski definition) is 1. The second-order valence-corrected chi connectivity index (χ2v) is 5.71. The third kappa shape index (κ3) is 3.63. The van der Waals surface area contributed by atoms with Crippen LogP contribution in [0.25, 0.3) is 0 Å². The Morgan fingerprint density at radius 1 is 1.00 bits per heavy atom. The molecule has 0 fully saturated rings. The van der Waals surface area contributed by atoms with E-state index in [4.69, 9.17) is 0 Å². The Labute approximate surface area is 123 Å². The molecule has 0 heterocycles. The van der Waals surface area contributed by atoms with Crippen molar-refractivity contribution in [2.24, 2.45) is 0 Å². The van der Waals surface area contributed by atoms with Crippen LogP contribution in [0.5, 0.6) is 0 Å². The normalized spacial score (nSPS) is 12.2. The van der Waals surface area contributed by atoms with E-state index in [-0.39, 0.29) is 0 Å². The minimum atomic E-state index is 0.642. The highest BCUT2D eigenvalue weighted by atomic mass is 14.9. The van der Waals surface area contributed by atoms with Crippen molar-refractivity contribution in [3.05, 3.63) is 64.7 Å². The van der Waals surface area contributed by atoms with Gasteiger partial charge in [-0.25, -0.2) is 0 Å². The van der Waals surface area contributed by atoms with Crippen molar-refractivity contribution in [3.8, 4) is 0 Å². The fourth-order valence-corrected chi connectivity index (χ4v) is 2.41. The van der Waals surface area contributed by atoms with E-state index in [1.54, 1.807) is 0 Å². The van der Waals surface area contributed by atoms with Gasteiger partial charge >= 0.3 is 0 Å². The van der Waals surface area contributed by atoms with E-state index >= 15 is 0 Å². The predicted octanol–water partition coefficient (Wildman–Crippen LogP) is 5.43. The molecule has 0 aliphatic heterocycles. The van der Waals surface area contributed by atoms with E-state index in [1.165, 1.54) is 34.4 Å². The van der Waals surface area contributed by atoms with Crippen LogP contribution in [-0.4, -0.2) is 0 Å². The molecular formula is C19H25N. The van der Waals surface area contributed by atoms with Crippen molar-refractivity contribution >= 4 is 5.69 Å². The molecule has 0 radical (unpaired) electrons. The fraction of sp³-hybridized carbons (Fsp3) is 0.368. The summed E-state index contributed by atoms with van der Waals surface area (Å²) in [5.41, 5.74) is 6.65. The molecule has 0 saturated carbocycles. The summed E-state index contributed by atoms with van der Waals surface area (Å²) < 4.78 is 0. The number of rotatable bonds is 5. The third-order valence-corrected chi connectivity index (χ3v) is 4.07. The molecule has 1 atom stereocenters. The van der Waals surface area contributed by atoms with Crippen LogP contribution in [0, 0.1) is 13.8 Å². The molecule has 1 heteroatoms. The molecule has 2 aromatic rings. The Morgan fingerprint density at radius 2 is 1.70 bits per heavy atom. The smallest absolute Gasteiger partial charge is 0.0403 e. The van der Waals surface area contributed by atoms with E-state index in [2.05, 4.69) is 75.5 Å². The first-order valence-corrected chi connectivity index (χ1v) is 7.50. The lowest BCUT2D eigenvalue weighted by Crippen LogP contribution is -2.02. The lowest BCUT2D eigenvalue weighted by atomic mass is 9.98. The Balaban J connectivity index is 2.00. The van der Waals surface area contributed by atoms with Crippen molar-refractivity contribution < 1.29 is 0 Å². The number of anilines is 1. The third-order valence-electron chi connectivity index (χ3n) is 4.07. The second-order valence-electron chi connectivity index (χ2n) is 5.71. The van der Waals surface area contributed by atoms with E-state index in [9.17, 15) is 0 Å². The summed E-state index contributed by atoms with van der Waals surface area (Å²) in [4.78, 5) is 0. The van der Waals surface area contributed by atoms with Gasteiger partial charge in [0.15, 0.2) is 0 Å². The van der Waals surface area contributed by atoms with Gasteiger partial charge in [0.1, 0.15) is 0 Å². The quantitative estimate of drug-likeness (QED) is 0.761. The van der Waals surface area contributed by atoms with Gasteiger partial charge in [0.05, 0.1) is 0 Å². The van der Waals surface area contributed by atoms with Crippen LogP contribution < -0.4 is 5.32 Å². The minimum Gasteiger partial charge on any atom is -0.381 e. The molecule has 1 nitrogen and oxygen atoms in total. The summed E-state index contributed by atoms with van der Waals surface area (Å²) in [6, 6.07) is 15.5. The van der Waals surface area contributed by atoms with Crippen LogP contribution in [0.15, 0.2) is 42.5 Å². The predicted molar refractivity (Wildman–Crippen MR) is 88.4 cm³/mol. The molecule has 0 aliphatic rings. The number of benzene rings is 2. The van der Waals surface area contributed by atoms with Crippen LogP contribution in [0.1, 0.15) is 48.4 Å². The molecule has 0 amide bonds. The lowest BCUT2D eigenvalue weighted by molar-refractivity contribution is 0.734. The summed E-state index contributed by atoms with van der Waals surface area (Å²) in [7, 11) is 0. The molecule has 0 bridgehead atoms. The van der Waals surface area contributed by atoms with Crippen molar-refractivity contribution in [2.45, 2.75) is 46.6 Å². The minimum absolute atomic E-state index is 0.642.